The van der Waals surface area contributed by atoms with Crippen LogP contribution in [0.4, 0.5) is 5.69 Å². The first-order valence-electron chi connectivity index (χ1n) is 10.2. The summed E-state index contributed by atoms with van der Waals surface area (Å²) >= 11 is 0. The van der Waals surface area contributed by atoms with E-state index in [1.807, 2.05) is 38.2 Å². The summed E-state index contributed by atoms with van der Waals surface area (Å²) in [6.45, 7) is 8.17. The molecule has 29 heavy (non-hydrogen) atoms. The van der Waals surface area contributed by atoms with Crippen LogP contribution >= 0.6 is 0 Å². The SMILES string of the molecule is Cc1cccc(CNC(=O)C2CCCN(c3cnc4nc(C)c(C)nc4c3)C2)c1. The van der Waals surface area contributed by atoms with Crippen LogP contribution in [0.15, 0.2) is 36.5 Å². The van der Waals surface area contributed by atoms with Crippen molar-refractivity contribution in [2.45, 2.75) is 40.2 Å². The van der Waals surface area contributed by atoms with Crippen molar-refractivity contribution < 1.29 is 4.79 Å². The molecule has 3 heterocycles. The van der Waals surface area contributed by atoms with E-state index in [-0.39, 0.29) is 11.8 Å². The first kappa shape index (κ1) is 19.3. The largest absolute Gasteiger partial charge is 0.369 e. The van der Waals surface area contributed by atoms with E-state index in [9.17, 15) is 4.79 Å². The molecule has 1 atom stereocenters. The van der Waals surface area contributed by atoms with E-state index in [4.69, 9.17) is 0 Å². The number of rotatable bonds is 4. The molecule has 6 nitrogen and oxygen atoms in total. The Labute approximate surface area is 171 Å². The lowest BCUT2D eigenvalue weighted by Crippen LogP contribution is -2.43. The van der Waals surface area contributed by atoms with Crippen LogP contribution in [0.2, 0.25) is 0 Å². The molecule has 150 valence electrons. The van der Waals surface area contributed by atoms with E-state index < -0.39 is 0 Å². The lowest BCUT2D eigenvalue weighted by molar-refractivity contribution is -0.125. The molecule has 1 aliphatic rings. The van der Waals surface area contributed by atoms with Gasteiger partial charge in [0.2, 0.25) is 5.91 Å². The van der Waals surface area contributed by atoms with Gasteiger partial charge in [-0.2, -0.15) is 0 Å². The Balaban J connectivity index is 1.44. The van der Waals surface area contributed by atoms with Crippen LogP contribution in [0.3, 0.4) is 0 Å². The maximum Gasteiger partial charge on any atom is 0.225 e. The molecule has 3 aromatic rings. The lowest BCUT2D eigenvalue weighted by Gasteiger charge is -2.33. The standard InChI is InChI=1S/C23H27N5O/c1-15-6-4-7-18(10-15)12-25-23(29)19-8-5-9-28(14-19)20-11-21-22(24-13-20)27-17(3)16(2)26-21/h4,6-7,10-11,13,19H,5,8-9,12,14H2,1-3H3,(H,25,29). The van der Waals surface area contributed by atoms with Gasteiger partial charge < -0.3 is 10.2 Å². The fourth-order valence-electron chi connectivity index (χ4n) is 3.86. The predicted molar refractivity (Wildman–Crippen MR) is 115 cm³/mol. The van der Waals surface area contributed by atoms with Gasteiger partial charge in [-0.15, -0.1) is 0 Å². The Morgan fingerprint density at radius 2 is 2.00 bits per heavy atom. The number of hydrogen-bond donors (Lipinski definition) is 1. The molecule has 4 rings (SSSR count). The summed E-state index contributed by atoms with van der Waals surface area (Å²) in [6, 6.07) is 10.3. The minimum absolute atomic E-state index is 0.0184. The van der Waals surface area contributed by atoms with Crippen molar-refractivity contribution in [2.24, 2.45) is 5.92 Å². The number of pyridine rings is 1. The maximum atomic E-state index is 12.8. The van der Waals surface area contributed by atoms with Crippen LogP contribution in [-0.2, 0) is 11.3 Å². The number of fused-ring (bicyclic) bond motifs is 1. The molecule has 0 aliphatic carbocycles. The Hall–Kier alpha value is -3.02. The number of benzene rings is 1. The molecule has 1 aromatic carbocycles. The van der Waals surface area contributed by atoms with Crippen LogP contribution in [0.1, 0.15) is 35.4 Å². The smallest absolute Gasteiger partial charge is 0.225 e. The van der Waals surface area contributed by atoms with Crippen LogP contribution in [0, 0.1) is 26.7 Å². The molecule has 1 fully saturated rings. The third-order valence-corrected chi connectivity index (χ3v) is 5.62. The van der Waals surface area contributed by atoms with E-state index in [0.29, 0.717) is 18.7 Å². The van der Waals surface area contributed by atoms with Gasteiger partial charge in [0.1, 0.15) is 5.52 Å². The second-order valence-electron chi connectivity index (χ2n) is 7.92. The number of aryl methyl sites for hydroxylation is 3. The molecule has 1 N–H and O–H groups in total. The summed E-state index contributed by atoms with van der Waals surface area (Å²) in [6.07, 6.45) is 3.74. The second-order valence-corrected chi connectivity index (χ2v) is 7.92. The Kier molecular flexibility index (Phi) is 5.43. The van der Waals surface area contributed by atoms with Crippen molar-refractivity contribution in [1.82, 2.24) is 20.3 Å². The van der Waals surface area contributed by atoms with E-state index >= 15 is 0 Å². The average molecular weight is 390 g/mol. The third-order valence-electron chi connectivity index (χ3n) is 5.62. The summed E-state index contributed by atoms with van der Waals surface area (Å²) < 4.78 is 0. The molecular formula is C23H27N5O. The topological polar surface area (TPSA) is 71.0 Å². The summed E-state index contributed by atoms with van der Waals surface area (Å²) in [4.78, 5) is 28.6. The summed E-state index contributed by atoms with van der Waals surface area (Å²) in [7, 11) is 0. The van der Waals surface area contributed by atoms with Crippen LogP contribution in [-0.4, -0.2) is 33.9 Å². The number of amides is 1. The monoisotopic (exact) mass is 389 g/mol. The van der Waals surface area contributed by atoms with Gasteiger partial charge in [-0.3, -0.25) is 4.79 Å². The Bertz CT molecular complexity index is 1050. The number of hydrogen-bond acceptors (Lipinski definition) is 5. The number of nitrogens with one attached hydrogen (secondary N) is 1. The molecule has 2 aromatic heterocycles. The van der Waals surface area contributed by atoms with Gasteiger partial charge in [-0.25, -0.2) is 15.0 Å². The normalized spacial score (nSPS) is 16.8. The quantitative estimate of drug-likeness (QED) is 0.740. The van der Waals surface area contributed by atoms with Crippen molar-refractivity contribution in [3.05, 3.63) is 59.0 Å². The Morgan fingerprint density at radius 3 is 2.83 bits per heavy atom. The number of anilines is 1. The molecule has 1 amide bonds. The van der Waals surface area contributed by atoms with Crippen molar-refractivity contribution in [3.8, 4) is 0 Å². The number of aromatic nitrogens is 3. The molecule has 1 saturated heterocycles. The van der Waals surface area contributed by atoms with Crippen LogP contribution in [0.25, 0.3) is 11.2 Å². The van der Waals surface area contributed by atoms with Crippen molar-refractivity contribution in [2.75, 3.05) is 18.0 Å². The molecule has 6 heteroatoms. The molecule has 1 aliphatic heterocycles. The van der Waals surface area contributed by atoms with Crippen LogP contribution < -0.4 is 10.2 Å². The van der Waals surface area contributed by atoms with Crippen molar-refractivity contribution in [3.63, 3.8) is 0 Å². The van der Waals surface area contributed by atoms with Crippen molar-refractivity contribution >= 4 is 22.8 Å². The van der Waals surface area contributed by atoms with E-state index in [1.54, 1.807) is 0 Å². The number of piperidine rings is 1. The van der Waals surface area contributed by atoms with Gasteiger partial charge in [-0.1, -0.05) is 29.8 Å². The highest BCUT2D eigenvalue weighted by Crippen LogP contribution is 2.25. The van der Waals surface area contributed by atoms with Crippen LogP contribution in [0.5, 0.6) is 0 Å². The summed E-state index contributed by atoms with van der Waals surface area (Å²) in [5.74, 6) is 0.103. The number of carbonyl (C=O) groups excluding carboxylic acids is 1. The van der Waals surface area contributed by atoms with Gasteiger partial charge in [0.05, 0.1) is 29.2 Å². The zero-order chi connectivity index (χ0) is 20.4. The summed E-state index contributed by atoms with van der Waals surface area (Å²) in [5.41, 5.74) is 6.64. The predicted octanol–water partition coefficient (Wildman–Crippen LogP) is 3.48. The van der Waals surface area contributed by atoms with Gasteiger partial charge >= 0.3 is 0 Å². The van der Waals surface area contributed by atoms with Gasteiger partial charge in [0, 0.05) is 19.6 Å². The zero-order valence-electron chi connectivity index (χ0n) is 17.3. The first-order valence-corrected chi connectivity index (χ1v) is 10.2. The van der Waals surface area contributed by atoms with E-state index in [1.165, 1.54) is 5.56 Å². The summed E-state index contributed by atoms with van der Waals surface area (Å²) in [5, 5.41) is 3.11. The minimum Gasteiger partial charge on any atom is -0.369 e. The number of carbonyl (C=O) groups is 1. The van der Waals surface area contributed by atoms with Gasteiger partial charge in [0.15, 0.2) is 5.65 Å². The average Bonchev–Trinajstić information content (AvgIpc) is 2.73. The maximum absolute atomic E-state index is 12.8. The first-order chi connectivity index (χ1) is 14.0. The van der Waals surface area contributed by atoms with E-state index in [0.717, 1.165) is 47.5 Å². The fraction of sp³-hybridized carbons (Fsp3) is 0.391. The fourth-order valence-corrected chi connectivity index (χ4v) is 3.86. The van der Waals surface area contributed by atoms with E-state index in [2.05, 4.69) is 44.2 Å². The lowest BCUT2D eigenvalue weighted by atomic mass is 9.96. The molecular weight excluding hydrogens is 362 g/mol. The minimum atomic E-state index is -0.0184. The molecule has 0 saturated carbocycles. The van der Waals surface area contributed by atoms with Gasteiger partial charge in [-0.05, 0) is 45.2 Å². The Morgan fingerprint density at radius 1 is 1.17 bits per heavy atom. The molecule has 0 bridgehead atoms. The molecule has 0 spiro atoms. The molecule has 1 unspecified atom stereocenters. The number of nitrogens with zero attached hydrogens (tertiary/aromatic N) is 4. The van der Waals surface area contributed by atoms with Crippen molar-refractivity contribution in [1.29, 1.82) is 0 Å². The highest BCUT2D eigenvalue weighted by atomic mass is 16.1. The third kappa shape index (κ3) is 4.36. The zero-order valence-corrected chi connectivity index (χ0v) is 17.3. The highest BCUT2D eigenvalue weighted by molar-refractivity contribution is 5.80. The highest BCUT2D eigenvalue weighted by Gasteiger charge is 2.26. The molecule has 0 radical (unpaired) electrons. The van der Waals surface area contributed by atoms with Gasteiger partial charge in [0.25, 0.3) is 0 Å². The second kappa shape index (κ2) is 8.15.